The molecular weight excluding hydrogens is 314 g/mol. The molecule has 0 bridgehead atoms. The normalized spacial score (nSPS) is 10.2. The SMILES string of the molecule is Cc1ccc(CC(=O)NCCNC(=O)c2cccnc2Cl)cc1. The van der Waals surface area contributed by atoms with Crippen LogP contribution in [-0.2, 0) is 11.2 Å². The Hall–Kier alpha value is -2.40. The van der Waals surface area contributed by atoms with Crippen LogP contribution in [0.2, 0.25) is 5.15 Å². The Kier molecular flexibility index (Phi) is 6.11. The van der Waals surface area contributed by atoms with E-state index < -0.39 is 0 Å². The summed E-state index contributed by atoms with van der Waals surface area (Å²) in [6.07, 6.45) is 1.84. The van der Waals surface area contributed by atoms with Crippen LogP contribution in [0.1, 0.15) is 21.5 Å². The Bertz CT molecular complexity index is 686. The minimum absolute atomic E-state index is 0.0810. The molecule has 0 unspecified atom stereocenters. The molecule has 120 valence electrons. The third-order valence-corrected chi connectivity index (χ3v) is 3.52. The topological polar surface area (TPSA) is 71.1 Å². The summed E-state index contributed by atoms with van der Waals surface area (Å²) in [5, 5.41) is 5.61. The minimum atomic E-state index is -0.309. The van der Waals surface area contributed by atoms with Crippen LogP contribution in [0.5, 0.6) is 0 Å². The predicted molar refractivity (Wildman–Crippen MR) is 89.5 cm³/mol. The van der Waals surface area contributed by atoms with Gasteiger partial charge in [0.15, 0.2) is 0 Å². The van der Waals surface area contributed by atoms with Crippen LogP contribution in [0.15, 0.2) is 42.6 Å². The van der Waals surface area contributed by atoms with Gasteiger partial charge in [0.2, 0.25) is 5.91 Å². The maximum absolute atomic E-state index is 11.9. The van der Waals surface area contributed by atoms with Gasteiger partial charge in [0.1, 0.15) is 5.15 Å². The first-order valence-corrected chi connectivity index (χ1v) is 7.65. The number of nitrogens with one attached hydrogen (secondary N) is 2. The molecule has 2 amide bonds. The van der Waals surface area contributed by atoms with Crippen molar-refractivity contribution >= 4 is 23.4 Å². The molecular formula is C17H18ClN3O2. The number of hydrogen-bond donors (Lipinski definition) is 2. The second kappa shape index (κ2) is 8.29. The number of carbonyl (C=O) groups excluding carboxylic acids is 2. The second-order valence-electron chi connectivity index (χ2n) is 5.11. The summed E-state index contributed by atoms with van der Waals surface area (Å²) in [5.74, 6) is -0.390. The fourth-order valence-corrected chi connectivity index (χ4v) is 2.19. The van der Waals surface area contributed by atoms with E-state index in [1.807, 2.05) is 31.2 Å². The molecule has 1 heterocycles. The predicted octanol–water partition coefficient (Wildman–Crippen LogP) is 2.13. The van der Waals surface area contributed by atoms with Gasteiger partial charge in [0.05, 0.1) is 12.0 Å². The quantitative estimate of drug-likeness (QED) is 0.629. The summed E-state index contributed by atoms with van der Waals surface area (Å²) in [5.41, 5.74) is 2.44. The first kappa shape index (κ1) is 17.0. The van der Waals surface area contributed by atoms with Gasteiger partial charge in [-0.15, -0.1) is 0 Å². The standard InChI is InChI=1S/C17H18ClN3O2/c1-12-4-6-13(7-5-12)11-15(22)19-9-10-21-17(23)14-3-2-8-20-16(14)18/h2-8H,9-11H2,1H3,(H,19,22)(H,21,23). The van der Waals surface area contributed by atoms with E-state index >= 15 is 0 Å². The third kappa shape index (κ3) is 5.38. The average Bonchev–Trinajstić information content (AvgIpc) is 2.54. The van der Waals surface area contributed by atoms with Crippen molar-refractivity contribution in [1.29, 1.82) is 0 Å². The smallest absolute Gasteiger partial charge is 0.254 e. The molecule has 6 heteroatoms. The van der Waals surface area contributed by atoms with Crippen molar-refractivity contribution in [3.8, 4) is 0 Å². The Morgan fingerprint density at radius 1 is 1.09 bits per heavy atom. The largest absolute Gasteiger partial charge is 0.354 e. The zero-order chi connectivity index (χ0) is 16.7. The lowest BCUT2D eigenvalue weighted by Crippen LogP contribution is -2.35. The Morgan fingerprint density at radius 2 is 1.78 bits per heavy atom. The van der Waals surface area contributed by atoms with Gasteiger partial charge in [0, 0.05) is 19.3 Å². The summed E-state index contributed by atoms with van der Waals surface area (Å²) in [6.45, 7) is 2.68. The highest BCUT2D eigenvalue weighted by atomic mass is 35.5. The van der Waals surface area contributed by atoms with E-state index in [9.17, 15) is 9.59 Å². The molecule has 0 atom stereocenters. The van der Waals surface area contributed by atoms with E-state index in [1.54, 1.807) is 12.1 Å². The van der Waals surface area contributed by atoms with Gasteiger partial charge >= 0.3 is 0 Å². The second-order valence-corrected chi connectivity index (χ2v) is 5.47. The van der Waals surface area contributed by atoms with Crippen molar-refractivity contribution in [2.45, 2.75) is 13.3 Å². The van der Waals surface area contributed by atoms with E-state index in [4.69, 9.17) is 11.6 Å². The first-order chi connectivity index (χ1) is 11.1. The molecule has 1 aromatic heterocycles. The third-order valence-electron chi connectivity index (χ3n) is 3.22. The molecule has 2 rings (SSSR count). The van der Waals surface area contributed by atoms with Crippen molar-refractivity contribution in [2.75, 3.05) is 13.1 Å². The number of rotatable bonds is 6. The molecule has 0 aliphatic heterocycles. The molecule has 0 aliphatic carbocycles. The van der Waals surface area contributed by atoms with Gasteiger partial charge in [-0.2, -0.15) is 0 Å². The van der Waals surface area contributed by atoms with Crippen LogP contribution in [0.25, 0.3) is 0 Å². The molecule has 2 aromatic rings. The number of halogens is 1. The first-order valence-electron chi connectivity index (χ1n) is 7.27. The summed E-state index contributed by atoms with van der Waals surface area (Å²) in [6, 6.07) is 11.0. The number of pyridine rings is 1. The van der Waals surface area contributed by atoms with Gasteiger partial charge in [-0.05, 0) is 24.6 Å². The van der Waals surface area contributed by atoms with Gasteiger partial charge in [-0.3, -0.25) is 9.59 Å². The van der Waals surface area contributed by atoms with Crippen LogP contribution in [0.3, 0.4) is 0 Å². The van der Waals surface area contributed by atoms with Gasteiger partial charge in [0.25, 0.3) is 5.91 Å². The van der Waals surface area contributed by atoms with E-state index in [-0.39, 0.29) is 17.0 Å². The molecule has 0 saturated carbocycles. The van der Waals surface area contributed by atoms with Crippen molar-refractivity contribution < 1.29 is 9.59 Å². The highest BCUT2D eigenvalue weighted by Gasteiger charge is 2.10. The van der Waals surface area contributed by atoms with Crippen LogP contribution in [0.4, 0.5) is 0 Å². The van der Waals surface area contributed by atoms with Crippen molar-refractivity contribution in [1.82, 2.24) is 15.6 Å². The summed E-state index contributed by atoms with van der Waals surface area (Å²) >= 11 is 5.84. The molecule has 0 fully saturated rings. The Balaban J connectivity index is 1.71. The molecule has 0 radical (unpaired) electrons. The molecule has 1 aromatic carbocycles. The minimum Gasteiger partial charge on any atom is -0.354 e. The lowest BCUT2D eigenvalue weighted by atomic mass is 10.1. The van der Waals surface area contributed by atoms with Crippen LogP contribution in [0, 0.1) is 6.92 Å². The van der Waals surface area contributed by atoms with Gasteiger partial charge in [-0.1, -0.05) is 41.4 Å². The van der Waals surface area contributed by atoms with E-state index in [0.717, 1.165) is 11.1 Å². The zero-order valence-electron chi connectivity index (χ0n) is 12.8. The van der Waals surface area contributed by atoms with Crippen molar-refractivity contribution in [2.24, 2.45) is 0 Å². The molecule has 0 spiro atoms. The average molecular weight is 332 g/mol. The lowest BCUT2D eigenvalue weighted by Gasteiger charge is -2.08. The fraction of sp³-hybridized carbons (Fsp3) is 0.235. The highest BCUT2D eigenvalue weighted by molar-refractivity contribution is 6.32. The molecule has 0 saturated heterocycles. The fourth-order valence-electron chi connectivity index (χ4n) is 1.98. The maximum Gasteiger partial charge on any atom is 0.254 e. The molecule has 5 nitrogen and oxygen atoms in total. The highest BCUT2D eigenvalue weighted by Crippen LogP contribution is 2.10. The number of amides is 2. The van der Waals surface area contributed by atoms with Gasteiger partial charge < -0.3 is 10.6 Å². The number of aromatic nitrogens is 1. The maximum atomic E-state index is 11.9. The van der Waals surface area contributed by atoms with Crippen LogP contribution in [-0.4, -0.2) is 29.9 Å². The Labute approximate surface area is 140 Å². The summed E-state index contributed by atoms with van der Waals surface area (Å²) in [7, 11) is 0. The summed E-state index contributed by atoms with van der Waals surface area (Å²) in [4.78, 5) is 27.5. The zero-order valence-corrected chi connectivity index (χ0v) is 13.6. The van der Waals surface area contributed by atoms with E-state index in [1.165, 1.54) is 6.20 Å². The number of hydrogen-bond acceptors (Lipinski definition) is 3. The van der Waals surface area contributed by atoms with E-state index in [0.29, 0.717) is 25.1 Å². The van der Waals surface area contributed by atoms with Crippen molar-refractivity contribution in [3.63, 3.8) is 0 Å². The monoisotopic (exact) mass is 331 g/mol. The van der Waals surface area contributed by atoms with Crippen LogP contribution < -0.4 is 10.6 Å². The van der Waals surface area contributed by atoms with Gasteiger partial charge in [-0.25, -0.2) is 4.98 Å². The molecule has 23 heavy (non-hydrogen) atoms. The number of nitrogens with zero attached hydrogens (tertiary/aromatic N) is 1. The summed E-state index contributed by atoms with van der Waals surface area (Å²) < 4.78 is 0. The number of benzene rings is 1. The number of carbonyl (C=O) groups is 2. The van der Waals surface area contributed by atoms with E-state index in [2.05, 4.69) is 15.6 Å². The Morgan fingerprint density at radius 3 is 2.48 bits per heavy atom. The lowest BCUT2D eigenvalue weighted by molar-refractivity contribution is -0.120. The number of aryl methyl sites for hydroxylation is 1. The molecule has 2 N–H and O–H groups in total. The van der Waals surface area contributed by atoms with Crippen LogP contribution >= 0.6 is 11.6 Å². The van der Waals surface area contributed by atoms with Crippen molar-refractivity contribution in [3.05, 3.63) is 64.4 Å². The molecule has 0 aliphatic rings.